The third kappa shape index (κ3) is 7.00. The summed E-state index contributed by atoms with van der Waals surface area (Å²) in [5.41, 5.74) is 3.58. The Morgan fingerprint density at radius 1 is 1.13 bits per heavy atom. The SMILES string of the molecule is CCOC(=O)c1ccc(CC(CCC(=O)NOCc2oc(=O)oc2C)C(C)=O)cc1. The number of ketones is 1. The largest absolute Gasteiger partial charge is 0.519 e. The molecular weight excluding hydrogens is 394 g/mol. The van der Waals surface area contributed by atoms with E-state index >= 15 is 0 Å². The second-order valence-corrected chi connectivity index (χ2v) is 6.72. The molecule has 2 aromatic rings. The first-order chi connectivity index (χ1) is 14.3. The number of nitrogens with one attached hydrogen (secondary N) is 1. The summed E-state index contributed by atoms with van der Waals surface area (Å²) in [5.74, 6) is -1.55. The Bertz CT molecular complexity index is 925. The molecule has 1 N–H and O–H groups in total. The van der Waals surface area contributed by atoms with Gasteiger partial charge in [0.05, 0.1) is 12.2 Å². The highest BCUT2D eigenvalue weighted by Gasteiger charge is 2.18. The van der Waals surface area contributed by atoms with Crippen LogP contribution in [0.1, 0.15) is 54.1 Å². The molecule has 0 saturated heterocycles. The fraction of sp³-hybridized carbons (Fsp3) is 0.429. The van der Waals surface area contributed by atoms with E-state index in [2.05, 4.69) is 9.90 Å². The highest BCUT2D eigenvalue weighted by molar-refractivity contribution is 5.89. The molecule has 2 rings (SSSR count). The van der Waals surface area contributed by atoms with Gasteiger partial charge in [-0.1, -0.05) is 12.1 Å². The van der Waals surface area contributed by atoms with Crippen LogP contribution in [-0.4, -0.2) is 24.3 Å². The van der Waals surface area contributed by atoms with Gasteiger partial charge in [0.2, 0.25) is 5.91 Å². The topological polar surface area (TPSA) is 125 Å². The average Bonchev–Trinajstić information content (AvgIpc) is 3.02. The van der Waals surface area contributed by atoms with Crippen molar-refractivity contribution < 1.29 is 32.8 Å². The van der Waals surface area contributed by atoms with E-state index in [1.807, 2.05) is 0 Å². The second-order valence-electron chi connectivity index (χ2n) is 6.72. The molecule has 0 radical (unpaired) electrons. The summed E-state index contributed by atoms with van der Waals surface area (Å²) in [4.78, 5) is 51.6. The zero-order valence-electron chi connectivity index (χ0n) is 17.2. The fourth-order valence-corrected chi connectivity index (χ4v) is 2.77. The Labute approximate surface area is 173 Å². The van der Waals surface area contributed by atoms with Crippen LogP contribution in [0.4, 0.5) is 0 Å². The zero-order chi connectivity index (χ0) is 22.1. The predicted octanol–water partition coefficient (Wildman–Crippen LogP) is 2.49. The maximum absolute atomic E-state index is 12.0. The van der Waals surface area contributed by atoms with Crippen LogP contribution >= 0.6 is 0 Å². The summed E-state index contributed by atoms with van der Waals surface area (Å²) in [6, 6.07) is 6.85. The number of ether oxygens (including phenoxy) is 1. The molecule has 0 aliphatic carbocycles. The van der Waals surface area contributed by atoms with Crippen LogP contribution in [0.25, 0.3) is 0 Å². The van der Waals surface area contributed by atoms with Gasteiger partial charge in [-0.25, -0.2) is 15.1 Å². The molecule has 30 heavy (non-hydrogen) atoms. The van der Waals surface area contributed by atoms with Crippen molar-refractivity contribution in [3.8, 4) is 0 Å². The van der Waals surface area contributed by atoms with Gasteiger partial charge < -0.3 is 13.6 Å². The molecule has 1 aromatic carbocycles. The molecule has 9 nitrogen and oxygen atoms in total. The summed E-state index contributed by atoms with van der Waals surface area (Å²) in [5, 5.41) is 0. The van der Waals surface area contributed by atoms with Crippen molar-refractivity contribution in [2.45, 2.75) is 46.6 Å². The summed E-state index contributed by atoms with van der Waals surface area (Å²) < 4.78 is 14.4. The minimum absolute atomic E-state index is 0.0333. The predicted molar refractivity (Wildman–Crippen MR) is 104 cm³/mol. The summed E-state index contributed by atoms with van der Waals surface area (Å²) in [6.07, 6.45) is 0.870. The van der Waals surface area contributed by atoms with Crippen LogP contribution in [0.5, 0.6) is 0 Å². The summed E-state index contributed by atoms with van der Waals surface area (Å²) in [7, 11) is 0. The first-order valence-electron chi connectivity index (χ1n) is 9.56. The van der Waals surface area contributed by atoms with E-state index in [1.165, 1.54) is 6.92 Å². The highest BCUT2D eigenvalue weighted by Crippen LogP contribution is 2.17. The molecule has 0 aliphatic rings. The quantitative estimate of drug-likeness (QED) is 0.435. The van der Waals surface area contributed by atoms with Gasteiger partial charge in [0, 0.05) is 12.3 Å². The highest BCUT2D eigenvalue weighted by atomic mass is 16.7. The number of hydrogen-bond donors (Lipinski definition) is 1. The number of rotatable bonds is 11. The standard InChI is InChI=1S/C21H25NO8/c1-4-27-20(25)16-7-5-15(6-8-16)11-17(13(2)23)9-10-19(24)22-28-12-18-14(3)29-21(26)30-18/h5-8,17H,4,9-12H2,1-3H3,(H,22,24). The fourth-order valence-electron chi connectivity index (χ4n) is 2.77. The third-order valence-corrected chi connectivity index (χ3v) is 4.47. The number of aryl methyl sites for hydroxylation is 1. The number of amides is 1. The lowest BCUT2D eigenvalue weighted by Gasteiger charge is -2.14. The van der Waals surface area contributed by atoms with Crippen molar-refractivity contribution in [1.82, 2.24) is 5.48 Å². The van der Waals surface area contributed by atoms with Crippen molar-refractivity contribution >= 4 is 17.7 Å². The van der Waals surface area contributed by atoms with E-state index in [1.54, 1.807) is 38.1 Å². The molecule has 0 spiro atoms. The molecule has 1 heterocycles. The molecular formula is C21H25NO8. The van der Waals surface area contributed by atoms with Crippen molar-refractivity contribution in [2.75, 3.05) is 6.61 Å². The van der Waals surface area contributed by atoms with E-state index < -0.39 is 17.7 Å². The number of benzene rings is 1. The van der Waals surface area contributed by atoms with Crippen LogP contribution in [-0.2, 0) is 32.2 Å². The second kappa shape index (κ2) is 11.1. The van der Waals surface area contributed by atoms with Crippen LogP contribution in [0.2, 0.25) is 0 Å². The molecule has 0 saturated carbocycles. The number of carbonyl (C=O) groups is 3. The molecule has 1 atom stereocenters. The van der Waals surface area contributed by atoms with Gasteiger partial charge >= 0.3 is 11.8 Å². The number of Topliss-reactive ketones (excluding diaryl/α,β-unsaturated/α-hetero) is 1. The lowest BCUT2D eigenvalue weighted by molar-refractivity contribution is -0.135. The molecule has 0 aliphatic heterocycles. The molecule has 1 amide bonds. The first-order valence-corrected chi connectivity index (χ1v) is 9.56. The normalized spacial score (nSPS) is 11.7. The van der Waals surface area contributed by atoms with E-state index in [9.17, 15) is 19.2 Å². The van der Waals surface area contributed by atoms with Gasteiger partial charge in [0.25, 0.3) is 0 Å². The van der Waals surface area contributed by atoms with Gasteiger partial charge in [-0.15, -0.1) is 0 Å². The number of hydrogen-bond acceptors (Lipinski definition) is 8. The third-order valence-electron chi connectivity index (χ3n) is 4.47. The van der Waals surface area contributed by atoms with Crippen molar-refractivity contribution in [2.24, 2.45) is 5.92 Å². The Morgan fingerprint density at radius 3 is 2.40 bits per heavy atom. The lowest BCUT2D eigenvalue weighted by Crippen LogP contribution is -2.25. The van der Waals surface area contributed by atoms with Crippen LogP contribution in [0, 0.1) is 12.8 Å². The first kappa shape index (κ1) is 23.1. The Balaban J connectivity index is 1.81. The minimum atomic E-state index is -0.836. The lowest BCUT2D eigenvalue weighted by atomic mass is 9.91. The van der Waals surface area contributed by atoms with Gasteiger partial charge in [0.1, 0.15) is 18.2 Å². The van der Waals surface area contributed by atoms with Crippen molar-refractivity contribution in [3.63, 3.8) is 0 Å². The molecule has 1 unspecified atom stereocenters. The van der Waals surface area contributed by atoms with Crippen molar-refractivity contribution in [3.05, 3.63) is 57.5 Å². The molecule has 162 valence electrons. The van der Waals surface area contributed by atoms with Crippen LogP contribution in [0.3, 0.4) is 0 Å². The maximum Gasteiger partial charge on any atom is 0.519 e. The Kier molecular flexibility index (Phi) is 8.54. The number of carbonyl (C=O) groups excluding carboxylic acids is 3. The van der Waals surface area contributed by atoms with Gasteiger partial charge in [0.15, 0.2) is 5.76 Å². The van der Waals surface area contributed by atoms with E-state index in [0.717, 1.165) is 5.56 Å². The summed E-state index contributed by atoms with van der Waals surface area (Å²) in [6.45, 7) is 4.92. The average molecular weight is 419 g/mol. The van der Waals surface area contributed by atoms with Crippen LogP contribution < -0.4 is 11.3 Å². The smallest absolute Gasteiger partial charge is 0.462 e. The molecule has 0 bridgehead atoms. The number of esters is 1. The molecule has 9 heteroatoms. The monoisotopic (exact) mass is 419 g/mol. The van der Waals surface area contributed by atoms with E-state index in [-0.39, 0.29) is 36.2 Å². The maximum atomic E-state index is 12.0. The summed E-state index contributed by atoms with van der Waals surface area (Å²) >= 11 is 0. The zero-order valence-corrected chi connectivity index (χ0v) is 17.2. The van der Waals surface area contributed by atoms with E-state index in [0.29, 0.717) is 25.0 Å². The Morgan fingerprint density at radius 2 is 1.83 bits per heavy atom. The van der Waals surface area contributed by atoms with Gasteiger partial charge in [-0.2, -0.15) is 0 Å². The number of hydroxylamine groups is 1. The van der Waals surface area contributed by atoms with E-state index in [4.69, 9.17) is 14.0 Å². The molecule has 1 aromatic heterocycles. The Hall–Kier alpha value is -3.20. The molecule has 0 fully saturated rings. The van der Waals surface area contributed by atoms with Gasteiger partial charge in [-0.3, -0.25) is 14.4 Å². The minimum Gasteiger partial charge on any atom is -0.462 e. The van der Waals surface area contributed by atoms with Crippen LogP contribution in [0.15, 0.2) is 37.9 Å². The van der Waals surface area contributed by atoms with Gasteiger partial charge in [-0.05, 0) is 51.3 Å². The van der Waals surface area contributed by atoms with Crippen molar-refractivity contribution in [1.29, 1.82) is 0 Å².